The summed E-state index contributed by atoms with van der Waals surface area (Å²) in [5.41, 5.74) is 1.22. The van der Waals surface area contributed by atoms with Crippen LogP contribution < -0.4 is 5.32 Å². The van der Waals surface area contributed by atoms with Gasteiger partial charge in [0.1, 0.15) is 0 Å². The Morgan fingerprint density at radius 3 is 2.89 bits per heavy atom. The lowest BCUT2D eigenvalue weighted by atomic mass is 9.99. The maximum absolute atomic E-state index is 11.6. The van der Waals surface area contributed by atoms with Gasteiger partial charge in [0.05, 0.1) is 6.10 Å². The highest BCUT2D eigenvalue weighted by Crippen LogP contribution is 2.14. The molecule has 1 aliphatic heterocycles. The average Bonchev–Trinajstić information content (AvgIpc) is 2.38. The maximum atomic E-state index is 11.6. The molecule has 0 saturated heterocycles. The van der Waals surface area contributed by atoms with Gasteiger partial charge in [-0.2, -0.15) is 0 Å². The molecule has 108 valence electrons. The molecule has 0 fully saturated rings. The van der Waals surface area contributed by atoms with Gasteiger partial charge in [-0.3, -0.25) is 4.79 Å². The highest BCUT2D eigenvalue weighted by molar-refractivity contribution is 5.76. The first-order valence-corrected chi connectivity index (χ1v) is 7.25. The van der Waals surface area contributed by atoms with Gasteiger partial charge in [0.25, 0.3) is 0 Å². The zero-order chi connectivity index (χ0) is 14.1. The topological polar surface area (TPSA) is 38.3 Å². The van der Waals surface area contributed by atoms with Crippen molar-refractivity contribution in [2.24, 2.45) is 5.92 Å². The minimum absolute atomic E-state index is 0.163. The number of methoxy groups -OCH3 is 1. The van der Waals surface area contributed by atoms with E-state index in [9.17, 15) is 4.79 Å². The second-order valence-electron chi connectivity index (χ2n) is 5.45. The van der Waals surface area contributed by atoms with Gasteiger partial charge in [-0.1, -0.05) is 30.7 Å². The molecule has 0 bridgehead atoms. The zero-order valence-corrected chi connectivity index (χ0v) is 12.4. The van der Waals surface area contributed by atoms with Crippen molar-refractivity contribution in [3.63, 3.8) is 0 Å². The van der Waals surface area contributed by atoms with E-state index >= 15 is 0 Å². The summed E-state index contributed by atoms with van der Waals surface area (Å²) in [6.07, 6.45) is 11.4. The fourth-order valence-corrected chi connectivity index (χ4v) is 2.35. The van der Waals surface area contributed by atoms with Crippen LogP contribution in [0.15, 0.2) is 23.8 Å². The molecular formula is C16H27NO2. The van der Waals surface area contributed by atoms with Crippen molar-refractivity contribution in [2.45, 2.75) is 52.1 Å². The van der Waals surface area contributed by atoms with Crippen LogP contribution >= 0.6 is 0 Å². The van der Waals surface area contributed by atoms with Gasteiger partial charge in [-0.05, 0) is 38.5 Å². The number of hydrogen-bond acceptors (Lipinski definition) is 2. The highest BCUT2D eigenvalue weighted by Gasteiger charge is 2.09. The Bertz CT molecular complexity index is 334. The maximum Gasteiger partial charge on any atom is 0.220 e. The molecule has 0 aromatic rings. The third kappa shape index (κ3) is 7.16. The Morgan fingerprint density at radius 2 is 2.16 bits per heavy atom. The average molecular weight is 265 g/mol. The van der Waals surface area contributed by atoms with Gasteiger partial charge in [-0.15, -0.1) is 0 Å². The van der Waals surface area contributed by atoms with E-state index < -0.39 is 0 Å². The van der Waals surface area contributed by atoms with Crippen molar-refractivity contribution in [1.29, 1.82) is 0 Å². The summed E-state index contributed by atoms with van der Waals surface area (Å²) in [5.74, 6) is 0.616. The van der Waals surface area contributed by atoms with Crippen molar-refractivity contribution in [3.8, 4) is 0 Å². The van der Waals surface area contributed by atoms with Gasteiger partial charge >= 0.3 is 0 Å². The second-order valence-corrected chi connectivity index (χ2v) is 5.45. The minimum Gasteiger partial charge on any atom is -0.377 e. The van der Waals surface area contributed by atoms with E-state index in [4.69, 9.17) is 4.74 Å². The third-order valence-corrected chi connectivity index (χ3v) is 3.42. The molecule has 19 heavy (non-hydrogen) atoms. The summed E-state index contributed by atoms with van der Waals surface area (Å²) in [5, 5.41) is 2.98. The largest absolute Gasteiger partial charge is 0.377 e. The molecule has 1 aliphatic rings. The second kappa shape index (κ2) is 8.92. The van der Waals surface area contributed by atoms with Crippen LogP contribution in [0.4, 0.5) is 0 Å². The van der Waals surface area contributed by atoms with Gasteiger partial charge in [0.2, 0.25) is 5.91 Å². The van der Waals surface area contributed by atoms with Crippen LogP contribution in [0.5, 0.6) is 0 Å². The van der Waals surface area contributed by atoms with Crippen LogP contribution in [0.1, 0.15) is 46.0 Å². The summed E-state index contributed by atoms with van der Waals surface area (Å²) in [6.45, 7) is 4.92. The number of hydrogen-bond donors (Lipinski definition) is 1. The van der Waals surface area contributed by atoms with Crippen molar-refractivity contribution < 1.29 is 9.53 Å². The van der Waals surface area contributed by atoms with E-state index in [1.165, 1.54) is 5.57 Å². The monoisotopic (exact) mass is 265 g/mol. The van der Waals surface area contributed by atoms with Crippen molar-refractivity contribution in [3.05, 3.63) is 23.8 Å². The van der Waals surface area contributed by atoms with Crippen LogP contribution in [-0.4, -0.2) is 25.7 Å². The molecule has 3 nitrogen and oxygen atoms in total. The molecule has 0 aromatic carbocycles. The lowest BCUT2D eigenvalue weighted by Gasteiger charge is -2.16. The number of carbonyl (C=O) groups excluding carboxylic acids is 1. The number of ether oxygens (including phenoxy) is 1. The molecule has 0 radical (unpaired) electrons. The number of rotatable bonds is 1. The molecule has 1 N–H and O–H groups in total. The van der Waals surface area contributed by atoms with Crippen molar-refractivity contribution in [2.75, 3.05) is 13.7 Å². The molecule has 1 rings (SSSR count). The third-order valence-electron chi connectivity index (χ3n) is 3.42. The molecule has 1 heterocycles. The predicted octanol–water partition coefficient (Wildman–Crippen LogP) is 3.22. The van der Waals surface area contributed by atoms with E-state index in [1.807, 2.05) is 0 Å². The van der Waals surface area contributed by atoms with E-state index in [-0.39, 0.29) is 12.0 Å². The van der Waals surface area contributed by atoms with E-state index in [0.29, 0.717) is 18.9 Å². The van der Waals surface area contributed by atoms with Gasteiger partial charge in [-0.25, -0.2) is 0 Å². The smallest absolute Gasteiger partial charge is 0.220 e. The molecular weight excluding hydrogens is 238 g/mol. The van der Waals surface area contributed by atoms with Crippen molar-refractivity contribution in [1.82, 2.24) is 5.32 Å². The lowest BCUT2D eigenvalue weighted by Crippen LogP contribution is -2.25. The quantitative estimate of drug-likeness (QED) is 0.739. The van der Waals surface area contributed by atoms with Crippen LogP contribution in [-0.2, 0) is 9.53 Å². The summed E-state index contributed by atoms with van der Waals surface area (Å²) in [4.78, 5) is 11.6. The van der Waals surface area contributed by atoms with Gasteiger partial charge in [0, 0.05) is 20.1 Å². The molecule has 0 saturated carbocycles. The lowest BCUT2D eigenvalue weighted by molar-refractivity contribution is -0.121. The van der Waals surface area contributed by atoms with Crippen molar-refractivity contribution >= 4 is 5.91 Å². The van der Waals surface area contributed by atoms with Crippen LogP contribution in [0.25, 0.3) is 0 Å². The molecule has 2 atom stereocenters. The first-order valence-electron chi connectivity index (χ1n) is 7.25. The number of amides is 1. The SMILES string of the molecule is COC1/C=C/CCCCC(=O)NC/C(C)=C\[C@@H](C)C1. The highest BCUT2D eigenvalue weighted by atomic mass is 16.5. The predicted molar refractivity (Wildman–Crippen MR) is 79.0 cm³/mol. The fourth-order valence-electron chi connectivity index (χ4n) is 2.35. The molecule has 3 heteroatoms. The molecule has 1 amide bonds. The fraction of sp³-hybridized carbons (Fsp3) is 0.688. The Balaban J connectivity index is 2.65. The number of nitrogens with one attached hydrogen (secondary N) is 1. The van der Waals surface area contributed by atoms with Gasteiger partial charge < -0.3 is 10.1 Å². The first kappa shape index (κ1) is 16.0. The van der Waals surface area contributed by atoms with Crippen LogP contribution in [0.2, 0.25) is 0 Å². The normalized spacial score (nSPS) is 31.7. The molecule has 0 spiro atoms. The van der Waals surface area contributed by atoms with Crippen LogP contribution in [0, 0.1) is 5.92 Å². The molecule has 1 unspecified atom stereocenters. The summed E-state index contributed by atoms with van der Waals surface area (Å²) in [7, 11) is 1.77. The van der Waals surface area contributed by atoms with Gasteiger partial charge in [0.15, 0.2) is 0 Å². The Labute approximate surface area is 117 Å². The standard InChI is InChI=1S/C16H27NO2/c1-13-10-14(2)12-17-16(18)9-7-5-4-6-8-15(11-13)19-3/h6,8,10,13,15H,4-5,7,9,11-12H2,1-3H3,(H,17,18)/b8-6+,14-10-/t13-,15?/m1/s1. The van der Waals surface area contributed by atoms with E-state index in [2.05, 4.69) is 37.4 Å². The Morgan fingerprint density at radius 1 is 1.37 bits per heavy atom. The molecule has 0 aromatic heterocycles. The number of carbonyl (C=O) groups is 1. The number of allylic oxidation sites excluding steroid dienone is 2. The summed E-state index contributed by atoms with van der Waals surface area (Å²) in [6, 6.07) is 0. The first-order chi connectivity index (χ1) is 9.11. The minimum atomic E-state index is 0.163. The Kier molecular flexibility index (Phi) is 7.49. The zero-order valence-electron chi connectivity index (χ0n) is 12.4. The molecule has 0 aliphatic carbocycles. The van der Waals surface area contributed by atoms with Crippen LogP contribution in [0.3, 0.4) is 0 Å². The summed E-state index contributed by atoms with van der Waals surface area (Å²) >= 11 is 0. The van der Waals surface area contributed by atoms with E-state index in [0.717, 1.165) is 25.7 Å². The van der Waals surface area contributed by atoms with E-state index in [1.54, 1.807) is 7.11 Å². The Hall–Kier alpha value is -1.09. The summed E-state index contributed by atoms with van der Waals surface area (Å²) < 4.78 is 5.49.